The van der Waals surface area contributed by atoms with Gasteiger partial charge >= 0.3 is 5.97 Å². The molecule has 1 N–H and O–H groups in total. The number of hydrogen-bond donors (Lipinski definition) is 1. The SMILES string of the molecule is C#CCC(C(=O)OC)=C(O)OC. The summed E-state index contributed by atoms with van der Waals surface area (Å²) >= 11 is 0. The molecule has 0 saturated carbocycles. The van der Waals surface area contributed by atoms with Crippen molar-refractivity contribution in [2.24, 2.45) is 0 Å². The molecule has 4 heteroatoms. The molecule has 66 valence electrons. The third-order valence-corrected chi connectivity index (χ3v) is 1.16. The van der Waals surface area contributed by atoms with Crippen molar-refractivity contribution in [1.29, 1.82) is 0 Å². The Morgan fingerprint density at radius 2 is 2.08 bits per heavy atom. The number of aliphatic hydroxyl groups excluding tert-OH is 1. The van der Waals surface area contributed by atoms with Crippen LogP contribution in [0.15, 0.2) is 11.5 Å². The van der Waals surface area contributed by atoms with Gasteiger partial charge in [-0.05, 0) is 0 Å². The van der Waals surface area contributed by atoms with Crippen LogP contribution in [0.3, 0.4) is 0 Å². The Morgan fingerprint density at radius 1 is 1.50 bits per heavy atom. The Labute approximate surface area is 70.8 Å². The topological polar surface area (TPSA) is 55.8 Å². The Balaban J connectivity index is 4.67. The van der Waals surface area contributed by atoms with Crippen LogP contribution >= 0.6 is 0 Å². The fraction of sp³-hybridized carbons (Fsp3) is 0.375. The molecule has 0 unspecified atom stereocenters. The molecule has 0 saturated heterocycles. The van der Waals surface area contributed by atoms with Gasteiger partial charge in [0.25, 0.3) is 5.95 Å². The fourth-order valence-electron chi connectivity index (χ4n) is 0.584. The van der Waals surface area contributed by atoms with Gasteiger partial charge in [0.05, 0.1) is 14.2 Å². The third kappa shape index (κ3) is 2.54. The third-order valence-electron chi connectivity index (χ3n) is 1.16. The highest BCUT2D eigenvalue weighted by Crippen LogP contribution is 2.08. The summed E-state index contributed by atoms with van der Waals surface area (Å²) in [6.45, 7) is 0. The van der Waals surface area contributed by atoms with Gasteiger partial charge in [0.2, 0.25) is 0 Å². The van der Waals surface area contributed by atoms with Crippen LogP contribution in [0.4, 0.5) is 0 Å². The molecule has 0 aliphatic rings. The van der Waals surface area contributed by atoms with Gasteiger partial charge in [-0.25, -0.2) is 4.79 Å². The second-order valence-corrected chi connectivity index (χ2v) is 1.86. The Morgan fingerprint density at radius 3 is 2.42 bits per heavy atom. The zero-order chi connectivity index (χ0) is 9.56. The fourth-order valence-corrected chi connectivity index (χ4v) is 0.584. The number of esters is 1. The summed E-state index contributed by atoms with van der Waals surface area (Å²) in [6, 6.07) is 0. The second-order valence-electron chi connectivity index (χ2n) is 1.86. The van der Waals surface area contributed by atoms with Crippen molar-refractivity contribution in [3.8, 4) is 12.3 Å². The minimum absolute atomic E-state index is 0.0215. The number of methoxy groups -OCH3 is 2. The highest BCUT2D eigenvalue weighted by molar-refractivity contribution is 5.89. The van der Waals surface area contributed by atoms with Gasteiger partial charge in [-0.1, -0.05) is 0 Å². The lowest BCUT2D eigenvalue weighted by molar-refractivity contribution is -0.136. The summed E-state index contributed by atoms with van der Waals surface area (Å²) in [5.74, 6) is 1.01. The molecular formula is C8H10O4. The molecule has 0 amide bonds. The number of rotatable bonds is 3. The summed E-state index contributed by atoms with van der Waals surface area (Å²) in [5.41, 5.74) is -0.0532. The number of hydrogen-bond acceptors (Lipinski definition) is 4. The zero-order valence-electron chi connectivity index (χ0n) is 6.96. The van der Waals surface area contributed by atoms with Crippen LogP contribution in [0.5, 0.6) is 0 Å². The lowest BCUT2D eigenvalue weighted by Crippen LogP contribution is -2.08. The van der Waals surface area contributed by atoms with Crippen molar-refractivity contribution in [2.75, 3.05) is 14.2 Å². The quantitative estimate of drug-likeness (QED) is 0.291. The first kappa shape index (κ1) is 10.4. The van der Waals surface area contributed by atoms with Gasteiger partial charge in [0.15, 0.2) is 0 Å². The van der Waals surface area contributed by atoms with Crippen molar-refractivity contribution < 1.29 is 19.4 Å². The van der Waals surface area contributed by atoms with Crippen LogP contribution in [-0.2, 0) is 14.3 Å². The molecule has 12 heavy (non-hydrogen) atoms. The summed E-state index contributed by atoms with van der Waals surface area (Å²) in [5, 5.41) is 9.01. The summed E-state index contributed by atoms with van der Waals surface area (Å²) < 4.78 is 8.78. The van der Waals surface area contributed by atoms with Gasteiger partial charge in [-0.15, -0.1) is 12.3 Å². The number of carbonyl (C=O) groups is 1. The zero-order valence-corrected chi connectivity index (χ0v) is 6.96. The van der Waals surface area contributed by atoms with E-state index in [1.807, 2.05) is 0 Å². The summed E-state index contributed by atoms with van der Waals surface area (Å²) in [6.07, 6.45) is 4.93. The average molecular weight is 170 g/mol. The van der Waals surface area contributed by atoms with Crippen LogP contribution in [0.25, 0.3) is 0 Å². The maximum atomic E-state index is 10.9. The molecule has 0 aliphatic carbocycles. The smallest absolute Gasteiger partial charge is 0.341 e. The molecule has 0 aromatic rings. The summed E-state index contributed by atoms with van der Waals surface area (Å²) in [7, 11) is 2.43. The van der Waals surface area contributed by atoms with Gasteiger partial charge in [0.1, 0.15) is 5.57 Å². The maximum Gasteiger partial charge on any atom is 0.341 e. The normalized spacial score (nSPS) is 11.1. The Kier molecular flexibility index (Phi) is 4.39. The first-order valence-electron chi connectivity index (χ1n) is 3.15. The molecule has 0 aromatic heterocycles. The monoisotopic (exact) mass is 170 g/mol. The highest BCUT2D eigenvalue weighted by atomic mass is 16.6. The summed E-state index contributed by atoms with van der Waals surface area (Å²) in [4.78, 5) is 10.9. The Bertz CT molecular complexity index is 234. The van der Waals surface area contributed by atoms with E-state index in [1.54, 1.807) is 0 Å². The van der Waals surface area contributed by atoms with Gasteiger partial charge < -0.3 is 14.6 Å². The molecule has 0 atom stereocenters. The largest absolute Gasteiger partial charge is 0.481 e. The molecule has 4 nitrogen and oxygen atoms in total. The van der Waals surface area contributed by atoms with Crippen LogP contribution in [0.2, 0.25) is 0 Å². The number of aliphatic hydroxyl groups is 1. The van der Waals surface area contributed by atoms with E-state index >= 15 is 0 Å². The van der Waals surface area contributed by atoms with Gasteiger partial charge in [-0.2, -0.15) is 0 Å². The van der Waals surface area contributed by atoms with E-state index in [4.69, 9.17) is 11.5 Å². The van der Waals surface area contributed by atoms with Crippen LogP contribution in [0, 0.1) is 12.3 Å². The van der Waals surface area contributed by atoms with Gasteiger partial charge in [-0.3, -0.25) is 0 Å². The standard InChI is InChI=1S/C8H10O4/c1-4-5-6(7(9)11-2)8(10)12-3/h1,9H,5H2,2-3H3. The van der Waals surface area contributed by atoms with Gasteiger partial charge in [0, 0.05) is 6.42 Å². The molecule has 0 spiro atoms. The van der Waals surface area contributed by atoms with E-state index in [0.29, 0.717) is 0 Å². The predicted octanol–water partition coefficient (Wildman–Crippen LogP) is 0.599. The molecule has 0 aliphatic heterocycles. The maximum absolute atomic E-state index is 10.9. The number of carbonyl (C=O) groups excluding carboxylic acids is 1. The Hall–Kier alpha value is -1.63. The minimum atomic E-state index is -0.688. The van der Waals surface area contributed by atoms with Crippen LogP contribution in [-0.4, -0.2) is 25.3 Å². The molecule has 0 heterocycles. The van der Waals surface area contributed by atoms with Crippen molar-refractivity contribution in [3.63, 3.8) is 0 Å². The van der Waals surface area contributed by atoms with Crippen LogP contribution in [0.1, 0.15) is 6.42 Å². The highest BCUT2D eigenvalue weighted by Gasteiger charge is 2.15. The lowest BCUT2D eigenvalue weighted by atomic mass is 10.2. The van der Waals surface area contributed by atoms with Crippen molar-refractivity contribution in [1.82, 2.24) is 0 Å². The van der Waals surface area contributed by atoms with E-state index in [2.05, 4.69) is 15.4 Å². The van der Waals surface area contributed by atoms with E-state index in [1.165, 1.54) is 14.2 Å². The molecular weight excluding hydrogens is 160 g/mol. The van der Waals surface area contributed by atoms with Crippen molar-refractivity contribution in [2.45, 2.75) is 6.42 Å². The van der Waals surface area contributed by atoms with Crippen LogP contribution < -0.4 is 0 Å². The lowest BCUT2D eigenvalue weighted by Gasteiger charge is -2.03. The molecule has 0 fully saturated rings. The molecule has 0 aromatic carbocycles. The van der Waals surface area contributed by atoms with E-state index in [0.717, 1.165) is 0 Å². The first-order chi connectivity index (χ1) is 5.67. The predicted molar refractivity (Wildman–Crippen MR) is 42.1 cm³/mol. The van der Waals surface area contributed by atoms with E-state index in [9.17, 15) is 4.79 Å². The molecule has 0 rings (SSSR count). The second kappa shape index (κ2) is 5.08. The van der Waals surface area contributed by atoms with Crippen molar-refractivity contribution >= 4 is 5.97 Å². The van der Waals surface area contributed by atoms with E-state index < -0.39 is 11.9 Å². The van der Waals surface area contributed by atoms with E-state index in [-0.39, 0.29) is 12.0 Å². The number of ether oxygens (including phenoxy) is 2. The molecule has 0 bridgehead atoms. The minimum Gasteiger partial charge on any atom is -0.481 e. The first-order valence-corrected chi connectivity index (χ1v) is 3.15. The number of terminal acetylenes is 1. The van der Waals surface area contributed by atoms with Crippen molar-refractivity contribution in [3.05, 3.63) is 11.5 Å². The average Bonchev–Trinajstić information content (AvgIpc) is 2.11. The molecule has 0 radical (unpaired) electrons.